The number of nitrogens with one attached hydrogen (secondary N) is 1. The van der Waals surface area contributed by atoms with Gasteiger partial charge in [-0.3, -0.25) is 4.79 Å². The Hall–Kier alpha value is -0.610. The third-order valence-electron chi connectivity index (χ3n) is 3.96. The van der Waals surface area contributed by atoms with E-state index in [0.717, 1.165) is 58.4 Å². The fourth-order valence-corrected chi connectivity index (χ4v) is 2.79. The molecule has 3 N–H and O–H groups in total. The first kappa shape index (κ1) is 11.9. The smallest absolute Gasteiger partial charge is 0.225 e. The van der Waals surface area contributed by atoms with Crippen molar-refractivity contribution < 1.29 is 4.79 Å². The lowest BCUT2D eigenvalue weighted by atomic mass is 9.81. The number of nitrogens with two attached hydrogens (primary N) is 1. The zero-order valence-corrected chi connectivity index (χ0v) is 9.95. The minimum absolute atomic E-state index is 0.279. The monoisotopic (exact) mass is 225 g/mol. The summed E-state index contributed by atoms with van der Waals surface area (Å²) >= 11 is 0. The number of carbonyl (C=O) groups excluding carboxylic acids is 1. The number of nitrogens with zero attached hydrogens (tertiary/aromatic N) is 1. The highest BCUT2D eigenvalue weighted by Gasteiger charge is 2.29. The van der Waals surface area contributed by atoms with Gasteiger partial charge in [0, 0.05) is 32.1 Å². The Morgan fingerprint density at radius 2 is 1.81 bits per heavy atom. The molecule has 4 nitrogen and oxygen atoms in total. The van der Waals surface area contributed by atoms with E-state index in [0.29, 0.717) is 11.8 Å². The molecule has 1 aliphatic heterocycles. The molecule has 4 heteroatoms. The van der Waals surface area contributed by atoms with E-state index in [2.05, 4.69) is 5.32 Å². The predicted molar refractivity (Wildman–Crippen MR) is 64.0 cm³/mol. The summed E-state index contributed by atoms with van der Waals surface area (Å²) in [4.78, 5) is 14.2. The number of rotatable bonds is 2. The minimum atomic E-state index is 0.279. The molecule has 2 fully saturated rings. The van der Waals surface area contributed by atoms with Crippen LogP contribution in [0.1, 0.15) is 25.7 Å². The zero-order chi connectivity index (χ0) is 11.4. The molecule has 1 amide bonds. The fraction of sp³-hybridized carbons (Fsp3) is 0.917. The average molecular weight is 225 g/mol. The molecule has 1 saturated heterocycles. The first-order valence-corrected chi connectivity index (χ1v) is 6.51. The van der Waals surface area contributed by atoms with E-state index in [1.165, 1.54) is 0 Å². The Labute approximate surface area is 97.6 Å². The lowest BCUT2D eigenvalue weighted by Crippen LogP contribution is -2.49. The maximum atomic E-state index is 12.2. The summed E-state index contributed by atoms with van der Waals surface area (Å²) in [6, 6.07) is 0. The second-order valence-corrected chi connectivity index (χ2v) is 5.03. The summed E-state index contributed by atoms with van der Waals surface area (Å²) in [6.07, 6.45) is 4.37. The molecule has 92 valence electrons. The van der Waals surface area contributed by atoms with Gasteiger partial charge < -0.3 is 16.0 Å². The summed E-state index contributed by atoms with van der Waals surface area (Å²) in [6.45, 7) is 4.45. The van der Waals surface area contributed by atoms with Crippen LogP contribution in [0.25, 0.3) is 0 Å². The van der Waals surface area contributed by atoms with Gasteiger partial charge in [-0.05, 0) is 38.1 Å². The van der Waals surface area contributed by atoms with Gasteiger partial charge >= 0.3 is 0 Å². The van der Waals surface area contributed by atoms with E-state index in [1.807, 2.05) is 4.90 Å². The van der Waals surface area contributed by atoms with Gasteiger partial charge in [0.15, 0.2) is 0 Å². The van der Waals surface area contributed by atoms with Crippen molar-refractivity contribution in [1.82, 2.24) is 10.2 Å². The van der Waals surface area contributed by atoms with Gasteiger partial charge in [0.2, 0.25) is 5.91 Å². The molecule has 0 aromatic carbocycles. The van der Waals surface area contributed by atoms with Gasteiger partial charge in [-0.2, -0.15) is 0 Å². The van der Waals surface area contributed by atoms with E-state index in [9.17, 15) is 4.79 Å². The van der Waals surface area contributed by atoms with Crippen molar-refractivity contribution >= 4 is 5.91 Å². The Balaban J connectivity index is 1.81. The van der Waals surface area contributed by atoms with E-state index in [1.54, 1.807) is 0 Å². The van der Waals surface area contributed by atoms with Crippen molar-refractivity contribution in [2.45, 2.75) is 25.7 Å². The molecule has 0 aromatic heterocycles. The van der Waals surface area contributed by atoms with Gasteiger partial charge in [0.25, 0.3) is 0 Å². The largest absolute Gasteiger partial charge is 0.340 e. The van der Waals surface area contributed by atoms with Crippen LogP contribution in [0.5, 0.6) is 0 Å². The van der Waals surface area contributed by atoms with Crippen LogP contribution >= 0.6 is 0 Å². The highest BCUT2D eigenvalue weighted by molar-refractivity contribution is 5.79. The Bertz CT molecular complexity index is 230. The molecule has 1 saturated carbocycles. The Morgan fingerprint density at radius 3 is 2.38 bits per heavy atom. The quantitative estimate of drug-likeness (QED) is 0.705. The summed E-state index contributed by atoms with van der Waals surface area (Å²) in [7, 11) is 0. The lowest BCUT2D eigenvalue weighted by molar-refractivity contribution is -0.137. The van der Waals surface area contributed by atoms with Crippen LogP contribution < -0.4 is 11.1 Å². The molecular formula is C12H23N3O. The summed E-state index contributed by atoms with van der Waals surface area (Å²) < 4.78 is 0. The van der Waals surface area contributed by atoms with Crippen LogP contribution in [0, 0.1) is 11.8 Å². The topological polar surface area (TPSA) is 58.4 Å². The fourth-order valence-electron chi connectivity index (χ4n) is 2.79. The number of carbonyl (C=O) groups is 1. The molecule has 2 rings (SSSR count). The highest BCUT2D eigenvalue weighted by Crippen LogP contribution is 2.29. The number of hydrogen-bond donors (Lipinski definition) is 2. The Kier molecular flexibility index (Phi) is 4.18. The molecule has 16 heavy (non-hydrogen) atoms. The van der Waals surface area contributed by atoms with Crippen LogP contribution in [0.4, 0.5) is 0 Å². The molecule has 1 aliphatic carbocycles. The molecular weight excluding hydrogens is 202 g/mol. The molecule has 0 spiro atoms. The van der Waals surface area contributed by atoms with Gasteiger partial charge in [0.05, 0.1) is 0 Å². The molecule has 0 atom stereocenters. The minimum Gasteiger partial charge on any atom is -0.340 e. The molecule has 1 heterocycles. The zero-order valence-electron chi connectivity index (χ0n) is 9.95. The first-order valence-electron chi connectivity index (χ1n) is 6.51. The second-order valence-electron chi connectivity index (χ2n) is 5.03. The van der Waals surface area contributed by atoms with Gasteiger partial charge in [-0.25, -0.2) is 0 Å². The summed E-state index contributed by atoms with van der Waals surface area (Å²) in [5, 5.41) is 3.28. The van der Waals surface area contributed by atoms with Crippen LogP contribution in [-0.4, -0.2) is 43.5 Å². The van der Waals surface area contributed by atoms with Gasteiger partial charge in [-0.1, -0.05) is 0 Å². The van der Waals surface area contributed by atoms with E-state index in [4.69, 9.17) is 5.73 Å². The van der Waals surface area contributed by atoms with E-state index >= 15 is 0 Å². The number of hydrogen-bond acceptors (Lipinski definition) is 3. The van der Waals surface area contributed by atoms with Crippen LogP contribution in [0.3, 0.4) is 0 Å². The van der Waals surface area contributed by atoms with Gasteiger partial charge in [0.1, 0.15) is 0 Å². The van der Waals surface area contributed by atoms with Crippen molar-refractivity contribution in [3.63, 3.8) is 0 Å². The first-order chi connectivity index (χ1) is 7.81. The van der Waals surface area contributed by atoms with Crippen molar-refractivity contribution in [3.8, 4) is 0 Å². The standard InChI is InChI=1S/C12H23N3O/c13-9-10-1-3-11(4-2-10)12(16)15-7-5-14-6-8-15/h10-11,14H,1-9,13H2. The predicted octanol–water partition coefficient (Wildman–Crippen LogP) is 0.183. The van der Waals surface area contributed by atoms with Crippen molar-refractivity contribution in [1.29, 1.82) is 0 Å². The molecule has 0 aromatic rings. The summed E-state index contributed by atoms with van der Waals surface area (Å²) in [5.41, 5.74) is 5.66. The van der Waals surface area contributed by atoms with Crippen LogP contribution in [-0.2, 0) is 4.79 Å². The van der Waals surface area contributed by atoms with Crippen molar-refractivity contribution in [2.24, 2.45) is 17.6 Å². The lowest BCUT2D eigenvalue weighted by Gasteiger charge is -2.34. The molecule has 0 radical (unpaired) electrons. The second kappa shape index (κ2) is 5.64. The third-order valence-corrected chi connectivity index (χ3v) is 3.96. The molecule has 0 unspecified atom stereocenters. The Morgan fingerprint density at radius 1 is 1.19 bits per heavy atom. The number of piperazine rings is 1. The maximum absolute atomic E-state index is 12.2. The average Bonchev–Trinajstić information content (AvgIpc) is 2.39. The van der Waals surface area contributed by atoms with Crippen molar-refractivity contribution in [3.05, 3.63) is 0 Å². The van der Waals surface area contributed by atoms with E-state index < -0.39 is 0 Å². The van der Waals surface area contributed by atoms with Crippen LogP contribution in [0.15, 0.2) is 0 Å². The van der Waals surface area contributed by atoms with E-state index in [-0.39, 0.29) is 5.92 Å². The highest BCUT2D eigenvalue weighted by atomic mass is 16.2. The summed E-state index contributed by atoms with van der Waals surface area (Å²) in [5.74, 6) is 1.32. The number of amides is 1. The van der Waals surface area contributed by atoms with Crippen molar-refractivity contribution in [2.75, 3.05) is 32.7 Å². The molecule has 0 bridgehead atoms. The normalized spacial score (nSPS) is 31.4. The van der Waals surface area contributed by atoms with Gasteiger partial charge in [-0.15, -0.1) is 0 Å². The van der Waals surface area contributed by atoms with Crippen LogP contribution in [0.2, 0.25) is 0 Å². The maximum Gasteiger partial charge on any atom is 0.225 e. The molecule has 2 aliphatic rings. The SMILES string of the molecule is NCC1CCC(C(=O)N2CCNCC2)CC1. The third kappa shape index (κ3) is 2.74.